The molecule has 0 unspecified atom stereocenters. The fourth-order valence-corrected chi connectivity index (χ4v) is 4.44. The molecule has 0 radical (unpaired) electrons. The minimum atomic E-state index is -1.28. The molecule has 7 heteroatoms. The summed E-state index contributed by atoms with van der Waals surface area (Å²) in [5.41, 5.74) is 0.104. The number of rotatable bonds is 7. The van der Waals surface area contributed by atoms with Gasteiger partial charge >= 0.3 is 6.03 Å². The average molecular weight is 424 g/mol. The van der Waals surface area contributed by atoms with Crippen LogP contribution in [-0.4, -0.2) is 62.1 Å². The van der Waals surface area contributed by atoms with Crippen molar-refractivity contribution in [1.82, 2.24) is 15.1 Å². The van der Waals surface area contributed by atoms with E-state index < -0.39 is 5.54 Å². The zero-order valence-corrected chi connectivity index (χ0v) is 18.1. The predicted molar refractivity (Wildman–Crippen MR) is 117 cm³/mol. The summed E-state index contributed by atoms with van der Waals surface area (Å²) in [5, 5.41) is 3.00. The van der Waals surface area contributed by atoms with E-state index in [2.05, 4.69) is 10.2 Å². The van der Waals surface area contributed by atoms with Gasteiger partial charge in [0, 0.05) is 13.1 Å². The highest BCUT2D eigenvalue weighted by molar-refractivity contribution is 6.09. The molecule has 4 rings (SSSR count). The maximum Gasteiger partial charge on any atom is 0.325 e. The van der Waals surface area contributed by atoms with Crippen molar-refractivity contribution in [2.45, 2.75) is 24.8 Å². The van der Waals surface area contributed by atoms with Crippen LogP contribution in [0.3, 0.4) is 0 Å². The molecule has 0 atom stereocenters. The van der Waals surface area contributed by atoms with Crippen LogP contribution in [0.5, 0.6) is 11.5 Å². The molecular formula is C24H29N3O4. The van der Waals surface area contributed by atoms with Crippen LogP contribution in [-0.2, 0) is 10.3 Å². The number of ether oxygens (including phenoxy) is 2. The van der Waals surface area contributed by atoms with Crippen LogP contribution >= 0.6 is 0 Å². The van der Waals surface area contributed by atoms with Crippen molar-refractivity contribution in [3.8, 4) is 11.5 Å². The molecular weight excluding hydrogens is 394 g/mol. The van der Waals surface area contributed by atoms with Gasteiger partial charge in [-0.1, -0.05) is 30.7 Å². The third-order valence-electron chi connectivity index (χ3n) is 6.24. The number of likely N-dealkylation sites (tertiary alicyclic amines) is 1. The number of hydrogen-bond acceptors (Lipinski definition) is 5. The Balaban J connectivity index is 1.67. The Morgan fingerprint density at radius 2 is 1.32 bits per heavy atom. The van der Waals surface area contributed by atoms with Crippen molar-refractivity contribution in [2.24, 2.45) is 0 Å². The Morgan fingerprint density at radius 3 is 1.81 bits per heavy atom. The van der Waals surface area contributed by atoms with E-state index in [4.69, 9.17) is 9.47 Å². The molecule has 0 saturated carbocycles. The molecule has 2 fully saturated rings. The summed E-state index contributed by atoms with van der Waals surface area (Å²) in [6.07, 6.45) is 3.58. The number of nitrogens with one attached hydrogen (secondary N) is 1. The zero-order valence-electron chi connectivity index (χ0n) is 18.1. The lowest BCUT2D eigenvalue weighted by Crippen LogP contribution is -2.45. The van der Waals surface area contributed by atoms with E-state index >= 15 is 0 Å². The number of amides is 3. The van der Waals surface area contributed by atoms with Crippen molar-refractivity contribution in [1.29, 1.82) is 0 Å². The van der Waals surface area contributed by atoms with Crippen molar-refractivity contribution < 1.29 is 19.1 Å². The minimum absolute atomic E-state index is 0.259. The van der Waals surface area contributed by atoms with Crippen LogP contribution in [0.2, 0.25) is 0 Å². The van der Waals surface area contributed by atoms with Gasteiger partial charge < -0.3 is 19.7 Å². The Bertz CT molecular complexity index is 873. The molecule has 2 aliphatic heterocycles. The van der Waals surface area contributed by atoms with Gasteiger partial charge in [0.2, 0.25) is 0 Å². The van der Waals surface area contributed by atoms with E-state index in [1.165, 1.54) is 24.2 Å². The maximum absolute atomic E-state index is 13.8. The Labute approximate surface area is 182 Å². The van der Waals surface area contributed by atoms with E-state index in [-0.39, 0.29) is 11.9 Å². The molecule has 3 amide bonds. The van der Waals surface area contributed by atoms with Crippen LogP contribution in [0.4, 0.5) is 4.79 Å². The second-order valence-corrected chi connectivity index (χ2v) is 8.00. The van der Waals surface area contributed by atoms with Gasteiger partial charge in [-0.2, -0.15) is 0 Å². The molecule has 0 bridgehead atoms. The molecule has 0 aromatic heterocycles. The molecule has 2 saturated heterocycles. The van der Waals surface area contributed by atoms with E-state index in [9.17, 15) is 9.59 Å². The van der Waals surface area contributed by atoms with Gasteiger partial charge in [0.25, 0.3) is 5.91 Å². The molecule has 0 aliphatic carbocycles. The predicted octanol–water partition coefficient (Wildman–Crippen LogP) is 2.99. The Kier molecular flexibility index (Phi) is 6.13. The first-order chi connectivity index (χ1) is 15.1. The van der Waals surface area contributed by atoms with Gasteiger partial charge in [-0.25, -0.2) is 4.79 Å². The Morgan fingerprint density at radius 1 is 0.806 bits per heavy atom. The van der Waals surface area contributed by atoms with Crippen LogP contribution in [0.25, 0.3) is 0 Å². The first-order valence-corrected chi connectivity index (χ1v) is 10.7. The molecule has 2 aromatic rings. The first-order valence-electron chi connectivity index (χ1n) is 10.7. The smallest absolute Gasteiger partial charge is 0.325 e. The average Bonchev–Trinajstić information content (AvgIpc) is 3.08. The van der Waals surface area contributed by atoms with E-state index in [1.54, 1.807) is 38.5 Å². The maximum atomic E-state index is 13.8. The number of carbonyl (C=O) groups is 2. The largest absolute Gasteiger partial charge is 0.497 e. The lowest BCUT2D eigenvalue weighted by molar-refractivity contribution is -0.130. The molecule has 31 heavy (non-hydrogen) atoms. The highest BCUT2D eigenvalue weighted by Gasteiger charge is 2.53. The summed E-state index contributed by atoms with van der Waals surface area (Å²) in [5.74, 6) is 1.12. The molecule has 2 aromatic carbocycles. The van der Waals surface area contributed by atoms with Gasteiger partial charge in [0.1, 0.15) is 11.5 Å². The van der Waals surface area contributed by atoms with Crippen LogP contribution in [0.15, 0.2) is 48.5 Å². The third-order valence-corrected chi connectivity index (χ3v) is 6.24. The summed E-state index contributed by atoms with van der Waals surface area (Å²) in [6.45, 7) is 3.11. The number of nitrogens with zero attached hydrogens (tertiary/aromatic N) is 2. The fraction of sp³-hybridized carbons (Fsp3) is 0.417. The van der Waals surface area contributed by atoms with Gasteiger partial charge in [0.15, 0.2) is 5.54 Å². The standard InChI is InChI=1S/C24H29N3O4/c1-30-20-10-6-18(7-11-20)24(19-8-12-21(31-2)13-9-19)22(28)27(23(29)25-24)17-16-26-14-4-3-5-15-26/h6-13H,3-5,14-17H2,1-2H3,(H,25,29). The van der Waals surface area contributed by atoms with Gasteiger partial charge in [0.05, 0.1) is 14.2 Å². The summed E-state index contributed by atoms with van der Waals surface area (Å²) in [4.78, 5) is 30.4. The number of methoxy groups -OCH3 is 2. The SMILES string of the molecule is COc1ccc(C2(c3ccc(OC)cc3)NC(=O)N(CCN3CCCCC3)C2=O)cc1. The summed E-state index contributed by atoms with van der Waals surface area (Å²) < 4.78 is 10.5. The summed E-state index contributed by atoms with van der Waals surface area (Å²) in [7, 11) is 3.19. The van der Waals surface area contributed by atoms with Crippen LogP contribution in [0, 0.1) is 0 Å². The number of carbonyl (C=O) groups excluding carboxylic acids is 2. The lowest BCUT2D eigenvalue weighted by atomic mass is 9.82. The molecule has 0 spiro atoms. The Hall–Kier alpha value is -3.06. The zero-order chi connectivity index (χ0) is 21.8. The number of imide groups is 1. The van der Waals surface area contributed by atoms with E-state index in [1.807, 2.05) is 24.3 Å². The number of hydrogen-bond donors (Lipinski definition) is 1. The van der Waals surface area contributed by atoms with Crippen LogP contribution < -0.4 is 14.8 Å². The summed E-state index contributed by atoms with van der Waals surface area (Å²) in [6, 6.07) is 14.2. The highest BCUT2D eigenvalue weighted by Crippen LogP contribution is 2.37. The fourth-order valence-electron chi connectivity index (χ4n) is 4.44. The van der Waals surface area contributed by atoms with Crippen LogP contribution in [0.1, 0.15) is 30.4 Å². The molecule has 1 N–H and O–H groups in total. The van der Waals surface area contributed by atoms with Crippen molar-refractivity contribution >= 4 is 11.9 Å². The van der Waals surface area contributed by atoms with Gasteiger partial charge in [-0.05, 0) is 61.3 Å². The molecule has 164 valence electrons. The third kappa shape index (κ3) is 3.97. The van der Waals surface area contributed by atoms with Crippen molar-refractivity contribution in [2.75, 3.05) is 40.4 Å². The van der Waals surface area contributed by atoms with Gasteiger partial charge in [-0.3, -0.25) is 9.69 Å². The van der Waals surface area contributed by atoms with E-state index in [0.29, 0.717) is 35.7 Å². The second kappa shape index (κ2) is 8.98. The molecule has 2 aliphatic rings. The normalized spacial score (nSPS) is 18.7. The highest BCUT2D eigenvalue weighted by atomic mass is 16.5. The van der Waals surface area contributed by atoms with Gasteiger partial charge in [-0.15, -0.1) is 0 Å². The number of piperidine rings is 1. The van der Waals surface area contributed by atoms with E-state index in [0.717, 1.165) is 13.1 Å². The summed E-state index contributed by atoms with van der Waals surface area (Å²) >= 11 is 0. The lowest BCUT2D eigenvalue weighted by Gasteiger charge is -2.29. The second-order valence-electron chi connectivity index (χ2n) is 8.00. The topological polar surface area (TPSA) is 71.1 Å². The quantitative estimate of drug-likeness (QED) is 0.694. The number of benzene rings is 2. The monoisotopic (exact) mass is 423 g/mol. The van der Waals surface area contributed by atoms with Crippen molar-refractivity contribution in [3.63, 3.8) is 0 Å². The molecule has 7 nitrogen and oxygen atoms in total. The number of urea groups is 1. The first kappa shape index (κ1) is 21.2. The van der Waals surface area contributed by atoms with Crippen molar-refractivity contribution in [3.05, 3.63) is 59.7 Å². The molecule has 2 heterocycles. The minimum Gasteiger partial charge on any atom is -0.497 e.